The lowest BCUT2D eigenvalue weighted by atomic mass is 9.76. The highest BCUT2D eigenvalue weighted by Crippen LogP contribution is 2.52. The van der Waals surface area contributed by atoms with Gasteiger partial charge >= 0.3 is 0 Å². The van der Waals surface area contributed by atoms with E-state index in [1.54, 1.807) is 24.3 Å². The zero-order chi connectivity index (χ0) is 39.3. The van der Waals surface area contributed by atoms with E-state index < -0.39 is 11.6 Å². The number of anilines is 2. The minimum absolute atomic E-state index is 0.254. The molecule has 0 unspecified atom stereocenters. The molecule has 0 saturated carbocycles. The SMILES string of the molecule is Nc1ccc(C(=O)C(=O)c2c(-c3ccc4ccccc4c3)c(-c3ccc4ccccc4c3)c(N)c(-c3ccc4ccccc4c3)c2-c2ccc3ccccc3c2)cc1. The van der Waals surface area contributed by atoms with Gasteiger partial charge in [0.2, 0.25) is 11.6 Å². The van der Waals surface area contributed by atoms with E-state index in [-0.39, 0.29) is 11.1 Å². The van der Waals surface area contributed by atoms with E-state index >= 15 is 4.79 Å². The molecule has 0 aromatic heterocycles. The quantitative estimate of drug-likeness (QED) is 0.0966. The van der Waals surface area contributed by atoms with Crippen LogP contribution in [0.5, 0.6) is 0 Å². The van der Waals surface area contributed by atoms with E-state index in [2.05, 4.69) is 109 Å². The summed E-state index contributed by atoms with van der Waals surface area (Å²) < 4.78 is 0. The van der Waals surface area contributed by atoms with Gasteiger partial charge in [0.25, 0.3) is 0 Å². The maximum Gasteiger partial charge on any atom is 0.234 e. The predicted octanol–water partition coefficient (Wildman–Crippen LogP) is 13.2. The van der Waals surface area contributed by atoms with Gasteiger partial charge in [0.15, 0.2) is 0 Å². The third-order valence-electron chi connectivity index (χ3n) is 11.3. The zero-order valence-electron chi connectivity index (χ0n) is 31.4. The van der Waals surface area contributed by atoms with Crippen LogP contribution in [0.4, 0.5) is 11.4 Å². The van der Waals surface area contributed by atoms with Crippen molar-refractivity contribution in [3.63, 3.8) is 0 Å². The van der Waals surface area contributed by atoms with E-state index in [1.165, 1.54) is 0 Å². The number of carbonyl (C=O) groups is 2. The summed E-state index contributed by atoms with van der Waals surface area (Å²) in [5.41, 5.74) is 21.1. The van der Waals surface area contributed by atoms with Crippen molar-refractivity contribution in [2.75, 3.05) is 11.5 Å². The fourth-order valence-electron chi connectivity index (χ4n) is 8.43. The van der Waals surface area contributed by atoms with E-state index in [9.17, 15) is 4.79 Å². The van der Waals surface area contributed by atoms with Crippen molar-refractivity contribution in [2.45, 2.75) is 0 Å². The highest BCUT2D eigenvalue weighted by Gasteiger charge is 2.33. The summed E-state index contributed by atoms with van der Waals surface area (Å²) in [4.78, 5) is 30.4. The van der Waals surface area contributed by atoms with Crippen LogP contribution in [-0.2, 0) is 0 Å². The molecule has 0 atom stereocenters. The van der Waals surface area contributed by atoms with Gasteiger partial charge in [-0.3, -0.25) is 9.59 Å². The van der Waals surface area contributed by atoms with Crippen molar-refractivity contribution in [3.8, 4) is 44.5 Å². The van der Waals surface area contributed by atoms with Crippen molar-refractivity contribution < 1.29 is 9.59 Å². The van der Waals surface area contributed by atoms with Gasteiger partial charge in [-0.15, -0.1) is 0 Å². The standard InChI is InChI=1S/C54H36N2O2/c55-46-27-25-37(26-28-46)53(57)54(58)51-47(42-21-17-33-9-1-5-13-38(33)29-42)49(44-23-19-35-11-3-7-15-40(35)31-44)52(56)50(45-24-20-36-12-4-8-16-41(36)32-45)48(51)43-22-18-34-10-2-6-14-39(34)30-43/h1-32H,55-56H2. The molecule has 4 heteroatoms. The molecule has 10 rings (SSSR count). The largest absolute Gasteiger partial charge is 0.399 e. The lowest BCUT2D eigenvalue weighted by molar-refractivity contribution is 0.0817. The second-order valence-electron chi connectivity index (χ2n) is 14.8. The smallest absolute Gasteiger partial charge is 0.234 e. The molecule has 0 radical (unpaired) electrons. The highest BCUT2D eigenvalue weighted by molar-refractivity contribution is 6.52. The van der Waals surface area contributed by atoms with Crippen LogP contribution in [0.2, 0.25) is 0 Å². The average molecular weight is 745 g/mol. The first-order valence-electron chi connectivity index (χ1n) is 19.3. The van der Waals surface area contributed by atoms with Gasteiger partial charge in [-0.05, 0) is 114 Å². The fraction of sp³-hybridized carbons (Fsp3) is 0. The number of fused-ring (bicyclic) bond motifs is 4. The number of hydrogen-bond acceptors (Lipinski definition) is 4. The van der Waals surface area contributed by atoms with Crippen molar-refractivity contribution in [3.05, 3.63) is 205 Å². The molecule has 0 fully saturated rings. The Kier molecular flexibility index (Phi) is 8.39. The molecular formula is C54H36N2O2. The molecule has 10 aromatic carbocycles. The lowest BCUT2D eigenvalue weighted by Gasteiger charge is -2.26. The second-order valence-corrected chi connectivity index (χ2v) is 14.8. The first kappa shape index (κ1) is 34.7. The second kappa shape index (κ2) is 14.0. The number of carbonyl (C=O) groups excluding carboxylic acids is 2. The van der Waals surface area contributed by atoms with Gasteiger partial charge in [0.05, 0.1) is 0 Å². The Morgan fingerprint density at radius 3 is 0.966 bits per heavy atom. The van der Waals surface area contributed by atoms with Gasteiger partial charge in [0.1, 0.15) is 0 Å². The molecule has 4 N–H and O–H groups in total. The molecule has 0 aliphatic carbocycles. The summed E-state index contributed by atoms with van der Waals surface area (Å²) in [5.74, 6) is -1.28. The van der Waals surface area contributed by atoms with Gasteiger partial charge in [-0.2, -0.15) is 0 Å². The molecule has 0 heterocycles. The van der Waals surface area contributed by atoms with Crippen molar-refractivity contribution in [2.24, 2.45) is 0 Å². The summed E-state index contributed by atoms with van der Waals surface area (Å²) in [6.07, 6.45) is 0. The first-order chi connectivity index (χ1) is 28.4. The Bertz CT molecular complexity index is 3110. The van der Waals surface area contributed by atoms with Gasteiger partial charge in [-0.25, -0.2) is 0 Å². The molecule has 4 nitrogen and oxygen atoms in total. The third-order valence-corrected chi connectivity index (χ3v) is 11.3. The molecule has 0 spiro atoms. The lowest BCUT2D eigenvalue weighted by Crippen LogP contribution is -2.19. The molecule has 10 aromatic rings. The Labute approximate surface area is 335 Å². The Morgan fingerprint density at radius 1 is 0.310 bits per heavy atom. The third kappa shape index (κ3) is 5.96. The summed E-state index contributed by atoms with van der Waals surface area (Å²) in [7, 11) is 0. The minimum atomic E-state index is -0.639. The Balaban J connectivity index is 1.41. The first-order valence-corrected chi connectivity index (χ1v) is 19.3. The molecule has 0 aliphatic heterocycles. The number of nitrogens with two attached hydrogens (primary N) is 2. The van der Waals surface area contributed by atoms with E-state index in [4.69, 9.17) is 11.5 Å². The summed E-state index contributed by atoms with van der Waals surface area (Å²) >= 11 is 0. The highest BCUT2D eigenvalue weighted by atomic mass is 16.2. The number of ketones is 2. The van der Waals surface area contributed by atoms with Gasteiger partial charge < -0.3 is 11.5 Å². The van der Waals surface area contributed by atoms with Crippen molar-refractivity contribution in [1.29, 1.82) is 0 Å². The van der Waals surface area contributed by atoms with Gasteiger partial charge in [0, 0.05) is 44.8 Å². The molecule has 0 aliphatic rings. The van der Waals surface area contributed by atoms with E-state index in [0.29, 0.717) is 33.6 Å². The number of rotatable bonds is 7. The van der Waals surface area contributed by atoms with E-state index in [1.807, 2.05) is 60.7 Å². The molecule has 0 saturated heterocycles. The molecule has 58 heavy (non-hydrogen) atoms. The normalized spacial score (nSPS) is 11.4. The average Bonchev–Trinajstić information content (AvgIpc) is 3.27. The zero-order valence-corrected chi connectivity index (χ0v) is 31.4. The van der Waals surface area contributed by atoms with Crippen LogP contribution in [0.15, 0.2) is 194 Å². The van der Waals surface area contributed by atoms with Crippen LogP contribution in [0.1, 0.15) is 20.7 Å². The van der Waals surface area contributed by atoms with Crippen LogP contribution in [0, 0.1) is 0 Å². The van der Waals surface area contributed by atoms with Crippen molar-refractivity contribution >= 4 is 66.0 Å². The Morgan fingerprint density at radius 2 is 0.621 bits per heavy atom. The number of Topliss-reactive ketones (excluding diaryl/α,β-unsaturated/α-hetero) is 2. The number of benzene rings is 10. The monoisotopic (exact) mass is 744 g/mol. The van der Waals surface area contributed by atoms with Crippen molar-refractivity contribution in [1.82, 2.24) is 0 Å². The van der Waals surface area contributed by atoms with Crippen LogP contribution >= 0.6 is 0 Å². The van der Waals surface area contributed by atoms with Gasteiger partial charge in [-0.1, -0.05) is 146 Å². The van der Waals surface area contributed by atoms with Crippen LogP contribution in [-0.4, -0.2) is 11.6 Å². The topological polar surface area (TPSA) is 86.2 Å². The Hall–Kier alpha value is -7.82. The number of nitrogen functional groups attached to an aromatic ring is 2. The number of hydrogen-bond donors (Lipinski definition) is 2. The van der Waals surface area contributed by atoms with E-state index in [0.717, 1.165) is 65.3 Å². The van der Waals surface area contributed by atoms with Crippen LogP contribution in [0.3, 0.4) is 0 Å². The van der Waals surface area contributed by atoms with Crippen LogP contribution < -0.4 is 11.5 Å². The fourth-order valence-corrected chi connectivity index (χ4v) is 8.43. The molecule has 0 bridgehead atoms. The maximum absolute atomic E-state index is 15.6. The molecular weight excluding hydrogens is 709 g/mol. The molecule has 0 amide bonds. The maximum atomic E-state index is 15.6. The molecule has 274 valence electrons. The summed E-state index contributed by atoms with van der Waals surface area (Å²) in [5, 5.41) is 8.32. The predicted molar refractivity (Wildman–Crippen MR) is 242 cm³/mol. The van der Waals surface area contributed by atoms with Crippen LogP contribution in [0.25, 0.3) is 87.6 Å². The summed E-state index contributed by atoms with van der Waals surface area (Å²) in [6.45, 7) is 0. The minimum Gasteiger partial charge on any atom is -0.399 e. The summed E-state index contributed by atoms with van der Waals surface area (Å²) in [6, 6.07) is 64.2.